The summed E-state index contributed by atoms with van der Waals surface area (Å²) >= 11 is 6.25. The zero-order valence-electron chi connectivity index (χ0n) is 11.6. The topological polar surface area (TPSA) is 66.4 Å². The Balaban J connectivity index is 0.00000220. The van der Waals surface area contributed by atoms with Crippen molar-refractivity contribution in [3.8, 4) is 0 Å². The van der Waals surface area contributed by atoms with Crippen LogP contribution < -0.4 is 5.32 Å². The van der Waals surface area contributed by atoms with Crippen LogP contribution in [0, 0.1) is 0 Å². The van der Waals surface area contributed by atoms with Crippen LogP contribution in [0.3, 0.4) is 0 Å². The van der Waals surface area contributed by atoms with E-state index in [-0.39, 0.29) is 31.2 Å². The number of hydrogen-bond acceptors (Lipinski definition) is 3. The molecule has 0 unspecified atom stereocenters. The molecule has 0 spiro atoms. The zero-order valence-corrected chi connectivity index (χ0v) is 13.2. The summed E-state index contributed by atoms with van der Waals surface area (Å²) in [7, 11) is 0. The Morgan fingerprint density at radius 3 is 2.67 bits per heavy atom. The highest BCUT2D eigenvalue weighted by molar-refractivity contribution is 6.31. The third-order valence-corrected chi connectivity index (χ3v) is 4.11. The number of ketones is 1. The first kappa shape index (κ1) is 18.0. The summed E-state index contributed by atoms with van der Waals surface area (Å²) in [6, 6.07) is 7.28. The van der Waals surface area contributed by atoms with Crippen molar-refractivity contribution in [1.82, 2.24) is 5.32 Å². The van der Waals surface area contributed by atoms with Crippen LogP contribution in [0.4, 0.5) is 0 Å². The first-order chi connectivity index (χ1) is 9.56. The molecule has 21 heavy (non-hydrogen) atoms. The average Bonchev–Trinajstić information content (AvgIpc) is 2.41. The van der Waals surface area contributed by atoms with Crippen molar-refractivity contribution in [3.05, 3.63) is 34.9 Å². The zero-order chi connectivity index (χ0) is 14.6. The third-order valence-electron chi connectivity index (χ3n) is 3.78. The molecule has 2 N–H and O–H groups in total. The SMILES string of the molecule is Cl.O=C(O)CCN[C@]1(c2ccccc2Cl)CCCCC1=O. The van der Waals surface area contributed by atoms with Crippen LogP contribution in [0.2, 0.25) is 5.02 Å². The molecule has 0 radical (unpaired) electrons. The van der Waals surface area contributed by atoms with Crippen molar-refractivity contribution in [1.29, 1.82) is 0 Å². The molecule has 1 aromatic rings. The lowest BCUT2D eigenvalue weighted by atomic mass is 9.75. The Labute approximate surface area is 135 Å². The number of carbonyl (C=O) groups excluding carboxylic acids is 1. The number of aliphatic carboxylic acids is 1. The number of carbonyl (C=O) groups is 2. The Kier molecular flexibility index (Phi) is 6.65. The van der Waals surface area contributed by atoms with E-state index in [4.69, 9.17) is 16.7 Å². The Hall–Kier alpha value is -1.10. The summed E-state index contributed by atoms with van der Waals surface area (Å²) in [5.74, 6) is -0.780. The minimum atomic E-state index is -0.880. The summed E-state index contributed by atoms with van der Waals surface area (Å²) in [5.41, 5.74) is -0.0665. The molecule has 0 aromatic heterocycles. The maximum absolute atomic E-state index is 12.5. The lowest BCUT2D eigenvalue weighted by Crippen LogP contribution is -2.51. The molecule has 2 rings (SSSR count). The highest BCUT2D eigenvalue weighted by Gasteiger charge is 2.42. The number of hydrogen-bond donors (Lipinski definition) is 2. The fourth-order valence-corrected chi connectivity index (χ4v) is 3.08. The standard InChI is InChI=1S/C15H18ClNO3.ClH/c16-12-6-2-1-5-11(12)15(17-10-8-14(19)20)9-4-3-7-13(15)18;/h1-2,5-6,17H,3-4,7-10H2,(H,19,20);1H/t15-;/m0./s1. The van der Waals surface area contributed by atoms with E-state index in [9.17, 15) is 9.59 Å². The summed E-state index contributed by atoms with van der Waals surface area (Å²) in [6.45, 7) is 0.256. The van der Waals surface area contributed by atoms with Gasteiger partial charge in [0.1, 0.15) is 5.54 Å². The van der Waals surface area contributed by atoms with Crippen LogP contribution in [-0.4, -0.2) is 23.4 Å². The number of carboxylic acid groups (broad SMARTS) is 1. The minimum absolute atomic E-state index is 0. The van der Waals surface area contributed by atoms with Crippen molar-refractivity contribution in [2.45, 2.75) is 37.6 Å². The van der Waals surface area contributed by atoms with Gasteiger partial charge in [-0.1, -0.05) is 36.2 Å². The maximum Gasteiger partial charge on any atom is 0.304 e. The fraction of sp³-hybridized carbons (Fsp3) is 0.467. The molecular weight excluding hydrogens is 313 g/mol. The second-order valence-corrected chi connectivity index (χ2v) is 5.49. The lowest BCUT2D eigenvalue weighted by Gasteiger charge is -2.37. The molecule has 1 atom stereocenters. The van der Waals surface area contributed by atoms with Crippen LogP contribution in [0.1, 0.15) is 37.7 Å². The molecule has 0 bridgehead atoms. The second kappa shape index (κ2) is 7.78. The molecule has 0 aliphatic heterocycles. The van der Waals surface area contributed by atoms with Gasteiger partial charge in [-0.3, -0.25) is 9.59 Å². The molecule has 116 valence electrons. The van der Waals surface area contributed by atoms with Gasteiger partial charge in [0.2, 0.25) is 0 Å². The first-order valence-corrected chi connectivity index (χ1v) is 7.19. The lowest BCUT2D eigenvalue weighted by molar-refractivity contribution is -0.137. The van der Waals surface area contributed by atoms with Crippen LogP contribution in [-0.2, 0) is 15.1 Å². The van der Waals surface area contributed by atoms with E-state index >= 15 is 0 Å². The molecule has 1 aliphatic rings. The van der Waals surface area contributed by atoms with Gasteiger partial charge in [0.25, 0.3) is 0 Å². The summed E-state index contributed by atoms with van der Waals surface area (Å²) < 4.78 is 0. The van der Waals surface area contributed by atoms with E-state index in [0.717, 1.165) is 18.4 Å². The van der Waals surface area contributed by atoms with Crippen molar-refractivity contribution in [2.24, 2.45) is 0 Å². The van der Waals surface area contributed by atoms with E-state index in [1.807, 2.05) is 18.2 Å². The van der Waals surface area contributed by atoms with E-state index in [1.165, 1.54) is 0 Å². The van der Waals surface area contributed by atoms with Gasteiger partial charge in [0, 0.05) is 18.0 Å². The number of rotatable bonds is 5. The Morgan fingerprint density at radius 2 is 2.05 bits per heavy atom. The molecule has 1 fully saturated rings. The van der Waals surface area contributed by atoms with Crippen LogP contribution in [0.25, 0.3) is 0 Å². The second-order valence-electron chi connectivity index (χ2n) is 5.09. The molecule has 0 heterocycles. The smallest absolute Gasteiger partial charge is 0.304 e. The fourth-order valence-electron chi connectivity index (χ4n) is 2.79. The van der Waals surface area contributed by atoms with E-state index in [1.54, 1.807) is 6.07 Å². The molecule has 1 aromatic carbocycles. The third kappa shape index (κ3) is 3.96. The normalized spacial score (nSPS) is 21.7. The van der Waals surface area contributed by atoms with Gasteiger partial charge in [-0.15, -0.1) is 12.4 Å². The van der Waals surface area contributed by atoms with Gasteiger partial charge in [-0.05, 0) is 24.5 Å². The van der Waals surface area contributed by atoms with E-state index in [0.29, 0.717) is 17.9 Å². The summed E-state index contributed by atoms with van der Waals surface area (Å²) in [5, 5.41) is 12.5. The van der Waals surface area contributed by atoms with Gasteiger partial charge >= 0.3 is 5.97 Å². The number of Topliss-reactive ketones (excluding diaryl/α,β-unsaturated/α-hetero) is 1. The number of nitrogens with one attached hydrogen (secondary N) is 1. The van der Waals surface area contributed by atoms with Gasteiger partial charge in [-0.2, -0.15) is 0 Å². The quantitative estimate of drug-likeness (QED) is 0.869. The van der Waals surface area contributed by atoms with Gasteiger partial charge in [-0.25, -0.2) is 0 Å². The minimum Gasteiger partial charge on any atom is -0.481 e. The number of benzene rings is 1. The van der Waals surface area contributed by atoms with Crippen LogP contribution in [0.15, 0.2) is 24.3 Å². The molecule has 0 saturated heterocycles. The average molecular weight is 332 g/mol. The van der Waals surface area contributed by atoms with Crippen molar-refractivity contribution < 1.29 is 14.7 Å². The summed E-state index contributed by atoms with van der Waals surface area (Å²) in [4.78, 5) is 23.2. The first-order valence-electron chi connectivity index (χ1n) is 6.81. The Morgan fingerprint density at radius 1 is 1.33 bits per heavy atom. The van der Waals surface area contributed by atoms with Gasteiger partial charge in [0.15, 0.2) is 5.78 Å². The number of halogens is 2. The van der Waals surface area contributed by atoms with Crippen molar-refractivity contribution in [3.63, 3.8) is 0 Å². The largest absolute Gasteiger partial charge is 0.481 e. The van der Waals surface area contributed by atoms with Crippen LogP contribution in [0.5, 0.6) is 0 Å². The van der Waals surface area contributed by atoms with Crippen LogP contribution >= 0.6 is 24.0 Å². The van der Waals surface area contributed by atoms with Crippen molar-refractivity contribution >= 4 is 35.8 Å². The molecule has 6 heteroatoms. The number of carboxylic acids is 1. The highest BCUT2D eigenvalue weighted by Crippen LogP contribution is 2.37. The highest BCUT2D eigenvalue weighted by atomic mass is 35.5. The summed E-state index contributed by atoms with van der Waals surface area (Å²) in [6.07, 6.45) is 2.96. The molecule has 4 nitrogen and oxygen atoms in total. The van der Waals surface area contributed by atoms with Crippen molar-refractivity contribution in [2.75, 3.05) is 6.54 Å². The monoisotopic (exact) mass is 331 g/mol. The predicted octanol–water partition coefficient (Wildman–Crippen LogP) is 3.16. The van der Waals surface area contributed by atoms with E-state index < -0.39 is 11.5 Å². The molecule has 1 aliphatic carbocycles. The molecule has 1 saturated carbocycles. The van der Waals surface area contributed by atoms with Gasteiger partial charge in [0.05, 0.1) is 6.42 Å². The Bertz CT molecular complexity index is 521. The maximum atomic E-state index is 12.5. The molecule has 0 amide bonds. The van der Waals surface area contributed by atoms with Gasteiger partial charge < -0.3 is 10.4 Å². The predicted molar refractivity (Wildman–Crippen MR) is 84.1 cm³/mol. The molecular formula is C15H19Cl2NO3. The van der Waals surface area contributed by atoms with E-state index in [2.05, 4.69) is 5.32 Å².